The minimum atomic E-state index is -4.40. The van der Waals surface area contributed by atoms with Gasteiger partial charge in [0, 0.05) is 11.9 Å². The van der Waals surface area contributed by atoms with Crippen molar-refractivity contribution in [3.05, 3.63) is 40.7 Å². The van der Waals surface area contributed by atoms with E-state index in [1.54, 1.807) is 6.92 Å². The fourth-order valence-electron chi connectivity index (χ4n) is 1.30. The zero-order valence-electron chi connectivity index (χ0n) is 10.0. The van der Waals surface area contributed by atoms with Crippen molar-refractivity contribution in [1.82, 2.24) is 0 Å². The SMILES string of the molecule is C/C(P)=C(/C=N)C(=O)Nc1ccc(C(F)(F)F)cc1. The first-order valence-electron chi connectivity index (χ1n) is 5.21. The van der Waals surface area contributed by atoms with Crippen LogP contribution in [-0.2, 0) is 11.0 Å². The Labute approximate surface area is 110 Å². The van der Waals surface area contributed by atoms with Crippen molar-refractivity contribution in [3.8, 4) is 0 Å². The highest BCUT2D eigenvalue weighted by Gasteiger charge is 2.29. The second-order valence-electron chi connectivity index (χ2n) is 3.77. The van der Waals surface area contributed by atoms with Crippen molar-refractivity contribution in [2.45, 2.75) is 13.1 Å². The predicted octanol–water partition coefficient (Wildman–Crippen LogP) is 3.44. The van der Waals surface area contributed by atoms with Crippen LogP contribution in [0, 0.1) is 5.41 Å². The van der Waals surface area contributed by atoms with Gasteiger partial charge in [-0.1, -0.05) is 0 Å². The van der Waals surface area contributed by atoms with Crippen molar-refractivity contribution < 1.29 is 18.0 Å². The predicted molar refractivity (Wildman–Crippen MR) is 71.3 cm³/mol. The molecule has 102 valence electrons. The number of anilines is 1. The average Bonchev–Trinajstić information content (AvgIpc) is 2.28. The highest BCUT2D eigenvalue weighted by atomic mass is 31.0. The number of carbonyl (C=O) groups is 1. The smallest absolute Gasteiger partial charge is 0.322 e. The van der Waals surface area contributed by atoms with Crippen molar-refractivity contribution in [2.75, 3.05) is 5.32 Å². The molecule has 19 heavy (non-hydrogen) atoms. The van der Waals surface area contributed by atoms with Gasteiger partial charge in [-0.2, -0.15) is 13.2 Å². The lowest BCUT2D eigenvalue weighted by atomic mass is 10.2. The Morgan fingerprint density at radius 1 is 1.32 bits per heavy atom. The van der Waals surface area contributed by atoms with Crippen molar-refractivity contribution in [2.24, 2.45) is 0 Å². The molecule has 0 radical (unpaired) electrons. The molecule has 3 nitrogen and oxygen atoms in total. The van der Waals surface area contributed by atoms with Crippen LogP contribution in [0.4, 0.5) is 18.9 Å². The molecule has 7 heteroatoms. The molecule has 1 aromatic rings. The van der Waals surface area contributed by atoms with Gasteiger partial charge >= 0.3 is 6.18 Å². The zero-order chi connectivity index (χ0) is 14.6. The molecule has 1 amide bonds. The highest BCUT2D eigenvalue weighted by Crippen LogP contribution is 2.29. The maximum Gasteiger partial charge on any atom is 0.416 e. The number of amides is 1. The van der Waals surface area contributed by atoms with Crippen molar-refractivity contribution >= 4 is 27.0 Å². The summed E-state index contributed by atoms with van der Waals surface area (Å²) in [5.74, 6) is -0.540. The van der Waals surface area contributed by atoms with Crippen molar-refractivity contribution in [1.29, 1.82) is 5.41 Å². The summed E-state index contributed by atoms with van der Waals surface area (Å²) in [4.78, 5) is 11.7. The van der Waals surface area contributed by atoms with Gasteiger partial charge < -0.3 is 10.7 Å². The molecule has 1 rings (SSSR count). The molecule has 0 bridgehead atoms. The third kappa shape index (κ3) is 4.17. The van der Waals surface area contributed by atoms with E-state index in [1.807, 2.05) is 0 Å². The van der Waals surface area contributed by atoms with E-state index in [0.717, 1.165) is 18.3 Å². The molecular weight excluding hydrogens is 276 g/mol. The summed E-state index contributed by atoms with van der Waals surface area (Å²) in [5, 5.41) is 10.1. The van der Waals surface area contributed by atoms with Gasteiger partial charge in [0.25, 0.3) is 5.91 Å². The minimum Gasteiger partial charge on any atom is -0.322 e. The van der Waals surface area contributed by atoms with E-state index in [2.05, 4.69) is 14.6 Å². The molecule has 1 atom stereocenters. The number of alkyl halides is 3. The molecule has 0 saturated heterocycles. The number of halogens is 3. The second kappa shape index (κ2) is 5.97. The molecule has 0 aliphatic rings. The maximum atomic E-state index is 12.3. The van der Waals surface area contributed by atoms with Gasteiger partial charge in [0.1, 0.15) is 0 Å². The molecule has 1 aromatic carbocycles. The van der Waals surface area contributed by atoms with Gasteiger partial charge in [0.05, 0.1) is 11.1 Å². The van der Waals surface area contributed by atoms with Gasteiger partial charge in [-0.25, -0.2) is 0 Å². The Morgan fingerprint density at radius 3 is 2.21 bits per heavy atom. The Balaban J connectivity index is 2.88. The summed E-state index contributed by atoms with van der Waals surface area (Å²) in [6.45, 7) is 1.64. The number of benzene rings is 1. The molecule has 0 fully saturated rings. The third-order valence-corrected chi connectivity index (χ3v) is 2.59. The van der Waals surface area contributed by atoms with Crippen molar-refractivity contribution in [3.63, 3.8) is 0 Å². The maximum absolute atomic E-state index is 12.3. The Kier molecular flexibility index (Phi) is 4.84. The third-order valence-electron chi connectivity index (χ3n) is 2.28. The lowest BCUT2D eigenvalue weighted by Crippen LogP contribution is -2.16. The quantitative estimate of drug-likeness (QED) is 0.499. The molecule has 1 unspecified atom stereocenters. The first-order valence-corrected chi connectivity index (χ1v) is 5.79. The van der Waals surface area contributed by atoms with Crippen LogP contribution in [0.2, 0.25) is 0 Å². The van der Waals surface area contributed by atoms with Crippen LogP contribution in [0.3, 0.4) is 0 Å². The fraction of sp³-hybridized carbons (Fsp3) is 0.167. The van der Waals surface area contributed by atoms with E-state index in [9.17, 15) is 18.0 Å². The summed E-state index contributed by atoms with van der Waals surface area (Å²) in [6.07, 6.45) is -3.51. The van der Waals surface area contributed by atoms with Crippen LogP contribution in [0.1, 0.15) is 12.5 Å². The van der Waals surface area contributed by atoms with Gasteiger partial charge in [-0.05, 0) is 36.5 Å². The first kappa shape index (κ1) is 15.4. The summed E-state index contributed by atoms with van der Waals surface area (Å²) in [5.41, 5.74) is -0.399. The lowest BCUT2D eigenvalue weighted by molar-refractivity contribution is -0.137. The van der Waals surface area contributed by atoms with E-state index in [4.69, 9.17) is 5.41 Å². The molecule has 0 aliphatic heterocycles. The summed E-state index contributed by atoms with van der Waals surface area (Å²) in [6, 6.07) is 4.11. The molecule has 2 N–H and O–H groups in total. The standard InChI is InChI=1S/C12H12F3N2OP/c1-7(19)10(6-16)11(18)17-9-4-2-8(3-5-9)12(13,14)15/h2-6,16H,19H2,1H3,(H,17,18)/b10-7+,16-6?. The van der Waals surface area contributed by atoms with Crippen LogP contribution in [0.15, 0.2) is 35.2 Å². The summed E-state index contributed by atoms with van der Waals surface area (Å²) in [7, 11) is 2.29. The largest absolute Gasteiger partial charge is 0.416 e. The van der Waals surface area contributed by atoms with Crippen LogP contribution in [0.5, 0.6) is 0 Å². The average molecular weight is 288 g/mol. The van der Waals surface area contributed by atoms with E-state index < -0.39 is 17.6 Å². The molecule has 0 saturated carbocycles. The Bertz CT molecular complexity index is 517. The molecule has 0 aliphatic carbocycles. The first-order chi connectivity index (χ1) is 8.75. The lowest BCUT2D eigenvalue weighted by Gasteiger charge is -2.09. The van der Waals surface area contributed by atoms with Gasteiger partial charge in [-0.3, -0.25) is 4.79 Å². The number of nitrogens with one attached hydrogen (secondary N) is 2. The van der Waals surface area contributed by atoms with E-state index in [0.29, 0.717) is 5.31 Å². The van der Waals surface area contributed by atoms with Gasteiger partial charge in [0.15, 0.2) is 0 Å². The Morgan fingerprint density at radius 2 is 1.84 bits per heavy atom. The highest BCUT2D eigenvalue weighted by molar-refractivity contribution is 7.22. The van der Waals surface area contributed by atoms with E-state index >= 15 is 0 Å². The van der Waals surface area contributed by atoms with Crippen LogP contribution in [0.25, 0.3) is 0 Å². The summed E-state index contributed by atoms with van der Waals surface area (Å²) >= 11 is 0. The number of carbonyl (C=O) groups excluding carboxylic acids is 1. The number of hydrogen-bond acceptors (Lipinski definition) is 2. The molecule has 0 aromatic heterocycles. The number of allylic oxidation sites excluding steroid dienone is 1. The van der Waals surface area contributed by atoms with E-state index in [-0.39, 0.29) is 11.3 Å². The minimum absolute atomic E-state index is 0.143. The molecular formula is C12H12F3N2OP. The van der Waals surface area contributed by atoms with Crippen LogP contribution >= 0.6 is 9.24 Å². The topological polar surface area (TPSA) is 53.0 Å². The molecule has 0 heterocycles. The van der Waals surface area contributed by atoms with Gasteiger partial charge in [0.2, 0.25) is 0 Å². The number of rotatable bonds is 3. The Hall–Kier alpha value is -1.68. The molecule has 0 spiro atoms. The normalized spacial score (nSPS) is 12.7. The monoisotopic (exact) mass is 288 g/mol. The van der Waals surface area contributed by atoms with Crippen LogP contribution < -0.4 is 5.32 Å². The number of hydrogen-bond donors (Lipinski definition) is 2. The fourth-order valence-corrected chi connectivity index (χ4v) is 1.51. The van der Waals surface area contributed by atoms with E-state index in [1.165, 1.54) is 12.1 Å². The summed E-state index contributed by atoms with van der Waals surface area (Å²) < 4.78 is 37.0. The second-order valence-corrected chi connectivity index (χ2v) is 4.64. The zero-order valence-corrected chi connectivity index (χ0v) is 11.2. The van der Waals surface area contributed by atoms with Crippen LogP contribution in [-0.4, -0.2) is 12.1 Å². The van der Waals surface area contributed by atoms with Gasteiger partial charge in [-0.15, -0.1) is 9.24 Å².